The Morgan fingerprint density at radius 1 is 1.45 bits per heavy atom. The predicted octanol–water partition coefficient (Wildman–Crippen LogP) is 4.07. The number of methoxy groups -OCH3 is 1. The molecular weight excluding hydrogens is 344 g/mol. The zero-order valence-electron chi connectivity index (χ0n) is 12.3. The Hall–Kier alpha value is -0.660. The van der Waals surface area contributed by atoms with E-state index in [9.17, 15) is 4.79 Å². The molecule has 20 heavy (non-hydrogen) atoms. The number of anilines is 1. The monoisotopic (exact) mass is 364 g/mol. The first kappa shape index (κ1) is 17.4. The molecule has 5 nitrogen and oxygen atoms in total. The van der Waals surface area contributed by atoms with E-state index in [2.05, 4.69) is 20.9 Å². The third kappa shape index (κ3) is 6.19. The van der Waals surface area contributed by atoms with Crippen molar-refractivity contribution in [3.63, 3.8) is 0 Å². The van der Waals surface area contributed by atoms with Gasteiger partial charge in [0.05, 0.1) is 9.98 Å². The van der Waals surface area contributed by atoms with E-state index in [0.717, 1.165) is 16.6 Å². The molecule has 0 bridgehead atoms. The van der Waals surface area contributed by atoms with Crippen LogP contribution in [-0.4, -0.2) is 36.9 Å². The summed E-state index contributed by atoms with van der Waals surface area (Å²) in [5.74, 6) is 0. The van der Waals surface area contributed by atoms with E-state index in [1.165, 1.54) is 11.3 Å². The molecule has 0 aliphatic heterocycles. The number of carbonyl (C=O) groups is 1. The number of nitrogens with zero attached hydrogens (tertiary/aromatic N) is 2. The molecule has 1 amide bonds. The van der Waals surface area contributed by atoms with Gasteiger partial charge in [0.1, 0.15) is 5.60 Å². The minimum Gasteiger partial charge on any atom is -0.443 e. The lowest BCUT2D eigenvalue weighted by Crippen LogP contribution is -2.37. The van der Waals surface area contributed by atoms with E-state index in [1.807, 2.05) is 20.8 Å². The van der Waals surface area contributed by atoms with Crippen molar-refractivity contribution >= 4 is 38.5 Å². The number of unbranched alkanes of at least 4 members (excludes halogenated alkanes) is 1. The number of carbonyl (C=O) groups excluding carboxylic acids is 1. The van der Waals surface area contributed by atoms with Gasteiger partial charge in [-0.3, -0.25) is 4.90 Å². The molecule has 0 N–H and O–H groups in total. The van der Waals surface area contributed by atoms with Crippen LogP contribution in [-0.2, 0) is 9.47 Å². The number of halogens is 1. The van der Waals surface area contributed by atoms with Crippen molar-refractivity contribution in [2.24, 2.45) is 0 Å². The Labute approximate surface area is 132 Å². The topological polar surface area (TPSA) is 51.7 Å². The fourth-order valence-corrected chi connectivity index (χ4v) is 2.67. The van der Waals surface area contributed by atoms with Gasteiger partial charge in [-0.15, -0.1) is 0 Å². The molecule has 0 saturated carbocycles. The number of aromatic nitrogens is 1. The van der Waals surface area contributed by atoms with Crippen LogP contribution in [0.3, 0.4) is 0 Å². The number of rotatable bonds is 6. The molecule has 0 aromatic carbocycles. The van der Waals surface area contributed by atoms with Crippen molar-refractivity contribution in [1.29, 1.82) is 0 Å². The summed E-state index contributed by atoms with van der Waals surface area (Å²) >= 11 is 4.77. The van der Waals surface area contributed by atoms with Gasteiger partial charge >= 0.3 is 6.09 Å². The first-order valence-electron chi connectivity index (χ1n) is 6.44. The average molecular weight is 365 g/mol. The summed E-state index contributed by atoms with van der Waals surface area (Å²) in [6.45, 7) is 6.81. The predicted molar refractivity (Wildman–Crippen MR) is 84.5 cm³/mol. The Kier molecular flexibility index (Phi) is 6.91. The normalized spacial score (nSPS) is 11.4. The van der Waals surface area contributed by atoms with Crippen LogP contribution in [0.15, 0.2) is 9.98 Å². The summed E-state index contributed by atoms with van der Waals surface area (Å²) in [6.07, 6.45) is 3.05. The number of hydrogen-bond acceptors (Lipinski definition) is 5. The van der Waals surface area contributed by atoms with E-state index in [-0.39, 0.29) is 6.09 Å². The Morgan fingerprint density at radius 2 is 2.15 bits per heavy atom. The van der Waals surface area contributed by atoms with Gasteiger partial charge in [-0.05, 0) is 49.5 Å². The SMILES string of the molecule is COCCCCN(C(=O)OC(C)(C)C)c1ncc(Br)s1. The molecule has 1 aromatic rings. The second-order valence-electron chi connectivity index (χ2n) is 5.28. The molecule has 0 aliphatic carbocycles. The van der Waals surface area contributed by atoms with Crippen LogP contribution in [0.4, 0.5) is 9.93 Å². The molecule has 0 unspecified atom stereocenters. The van der Waals surface area contributed by atoms with E-state index in [4.69, 9.17) is 9.47 Å². The van der Waals surface area contributed by atoms with Crippen LogP contribution in [0.25, 0.3) is 0 Å². The van der Waals surface area contributed by atoms with Crippen molar-refractivity contribution in [3.05, 3.63) is 9.98 Å². The molecule has 0 fully saturated rings. The molecule has 0 radical (unpaired) electrons. The first-order valence-corrected chi connectivity index (χ1v) is 8.05. The highest BCUT2D eigenvalue weighted by Crippen LogP contribution is 2.28. The van der Waals surface area contributed by atoms with Crippen molar-refractivity contribution in [1.82, 2.24) is 4.98 Å². The highest BCUT2D eigenvalue weighted by molar-refractivity contribution is 9.11. The van der Waals surface area contributed by atoms with Gasteiger partial charge in [-0.2, -0.15) is 0 Å². The van der Waals surface area contributed by atoms with Gasteiger partial charge in [0, 0.05) is 20.3 Å². The summed E-state index contributed by atoms with van der Waals surface area (Å²) in [6, 6.07) is 0. The second-order valence-corrected chi connectivity index (χ2v) is 7.67. The van der Waals surface area contributed by atoms with Crippen molar-refractivity contribution in [3.8, 4) is 0 Å². The smallest absolute Gasteiger partial charge is 0.416 e. The molecule has 1 aromatic heterocycles. The second kappa shape index (κ2) is 7.95. The lowest BCUT2D eigenvalue weighted by atomic mass is 10.2. The first-order chi connectivity index (χ1) is 9.33. The number of hydrogen-bond donors (Lipinski definition) is 0. The summed E-state index contributed by atoms with van der Waals surface area (Å²) < 4.78 is 11.3. The van der Waals surface area contributed by atoms with Gasteiger partial charge in [0.2, 0.25) is 0 Å². The molecule has 1 rings (SSSR count). The van der Waals surface area contributed by atoms with Gasteiger partial charge < -0.3 is 9.47 Å². The lowest BCUT2D eigenvalue weighted by molar-refractivity contribution is 0.0578. The van der Waals surface area contributed by atoms with Crippen LogP contribution in [0.2, 0.25) is 0 Å². The highest BCUT2D eigenvalue weighted by atomic mass is 79.9. The molecule has 0 spiro atoms. The number of ether oxygens (including phenoxy) is 2. The Balaban J connectivity index is 2.71. The quantitative estimate of drug-likeness (QED) is 0.713. The molecule has 1 heterocycles. The summed E-state index contributed by atoms with van der Waals surface area (Å²) in [7, 11) is 1.67. The van der Waals surface area contributed by atoms with E-state index in [1.54, 1.807) is 18.2 Å². The third-order valence-corrected chi connectivity index (χ3v) is 3.79. The van der Waals surface area contributed by atoms with Crippen LogP contribution in [0.5, 0.6) is 0 Å². The lowest BCUT2D eigenvalue weighted by Gasteiger charge is -2.25. The van der Waals surface area contributed by atoms with Crippen LogP contribution >= 0.6 is 27.3 Å². The van der Waals surface area contributed by atoms with Gasteiger partial charge in [-0.1, -0.05) is 11.3 Å². The zero-order chi connectivity index (χ0) is 15.2. The molecule has 0 atom stereocenters. The standard InChI is InChI=1S/C13H21BrN2O3S/c1-13(2,3)19-12(17)16(7-5-6-8-18-4)11-15-9-10(14)20-11/h9H,5-8H2,1-4H3. The maximum atomic E-state index is 12.3. The van der Waals surface area contributed by atoms with Crippen molar-refractivity contribution < 1.29 is 14.3 Å². The van der Waals surface area contributed by atoms with E-state index >= 15 is 0 Å². The summed E-state index contributed by atoms with van der Waals surface area (Å²) in [4.78, 5) is 18.1. The van der Waals surface area contributed by atoms with Crippen LogP contribution in [0, 0.1) is 0 Å². The molecule has 7 heteroatoms. The van der Waals surface area contributed by atoms with Crippen molar-refractivity contribution in [2.75, 3.05) is 25.2 Å². The van der Waals surface area contributed by atoms with Gasteiger partial charge in [0.15, 0.2) is 5.13 Å². The molecular formula is C13H21BrN2O3S. The van der Waals surface area contributed by atoms with Gasteiger partial charge in [0.25, 0.3) is 0 Å². The molecule has 0 aliphatic rings. The summed E-state index contributed by atoms with van der Waals surface area (Å²) in [5.41, 5.74) is -0.518. The van der Waals surface area contributed by atoms with Crippen molar-refractivity contribution in [2.45, 2.75) is 39.2 Å². The minimum atomic E-state index is -0.518. The average Bonchev–Trinajstić information content (AvgIpc) is 2.73. The van der Waals surface area contributed by atoms with Crippen LogP contribution < -0.4 is 4.90 Å². The Morgan fingerprint density at radius 3 is 2.65 bits per heavy atom. The number of amides is 1. The minimum absolute atomic E-state index is 0.364. The third-order valence-electron chi connectivity index (χ3n) is 2.29. The van der Waals surface area contributed by atoms with Gasteiger partial charge in [-0.25, -0.2) is 9.78 Å². The van der Waals surface area contributed by atoms with E-state index < -0.39 is 5.60 Å². The summed E-state index contributed by atoms with van der Waals surface area (Å²) in [5, 5.41) is 0.642. The largest absolute Gasteiger partial charge is 0.443 e. The van der Waals surface area contributed by atoms with Crippen LogP contribution in [0.1, 0.15) is 33.6 Å². The Bertz CT molecular complexity index is 431. The maximum Gasteiger partial charge on any atom is 0.416 e. The molecule has 0 saturated heterocycles. The maximum absolute atomic E-state index is 12.3. The fourth-order valence-electron chi connectivity index (χ4n) is 1.47. The number of thiazole rings is 1. The molecule has 114 valence electrons. The highest BCUT2D eigenvalue weighted by Gasteiger charge is 2.25. The van der Waals surface area contributed by atoms with E-state index in [0.29, 0.717) is 18.3 Å². The fraction of sp³-hybridized carbons (Fsp3) is 0.692. The zero-order valence-corrected chi connectivity index (χ0v) is 14.7.